The first kappa shape index (κ1) is 33.5. The van der Waals surface area contributed by atoms with Crippen molar-refractivity contribution in [2.45, 2.75) is 83.8 Å². The van der Waals surface area contributed by atoms with Crippen LogP contribution in [0.1, 0.15) is 67.2 Å². The highest BCUT2D eigenvalue weighted by atomic mass is 35.5. The molecule has 0 radical (unpaired) electrons. The summed E-state index contributed by atoms with van der Waals surface area (Å²) in [5.41, 5.74) is 4.14. The molecule has 1 fully saturated rings. The Morgan fingerprint density at radius 3 is 2.30 bits per heavy atom. The Hall–Kier alpha value is -3.36. The molecule has 4 rings (SSSR count). The number of hydrogen-bond donors (Lipinski definition) is 1. The SMILES string of the molecule is Cc1ccccc1CN(C(=O)CCCN(c1cccc(Cl)c1C)S(C)(=O)=O)C(Cc1ccccc1)C(=O)NC1CCCCC1. The summed E-state index contributed by atoms with van der Waals surface area (Å²) in [6, 6.07) is 22.2. The van der Waals surface area contributed by atoms with E-state index in [0.717, 1.165) is 48.6 Å². The minimum absolute atomic E-state index is 0.0828. The second kappa shape index (κ2) is 15.6. The van der Waals surface area contributed by atoms with E-state index in [9.17, 15) is 18.0 Å². The molecule has 0 saturated heterocycles. The van der Waals surface area contributed by atoms with Gasteiger partial charge < -0.3 is 10.2 Å². The number of amides is 2. The Bertz CT molecular complexity index is 1520. The molecule has 0 aromatic heterocycles. The number of carbonyl (C=O) groups excluding carboxylic acids is 2. The Morgan fingerprint density at radius 2 is 1.61 bits per heavy atom. The first-order valence-corrected chi connectivity index (χ1v) is 17.7. The van der Waals surface area contributed by atoms with Crippen molar-refractivity contribution >= 4 is 39.1 Å². The topological polar surface area (TPSA) is 86.8 Å². The van der Waals surface area contributed by atoms with E-state index < -0.39 is 16.1 Å². The van der Waals surface area contributed by atoms with Gasteiger partial charge in [0, 0.05) is 37.0 Å². The van der Waals surface area contributed by atoms with Crippen molar-refractivity contribution in [3.8, 4) is 0 Å². The van der Waals surface area contributed by atoms with Crippen LogP contribution in [0.5, 0.6) is 0 Å². The molecule has 0 bridgehead atoms. The van der Waals surface area contributed by atoms with Crippen molar-refractivity contribution in [2.75, 3.05) is 17.1 Å². The van der Waals surface area contributed by atoms with Gasteiger partial charge in [-0.05, 0) is 67.5 Å². The maximum atomic E-state index is 14.1. The normalized spacial score (nSPS) is 14.5. The van der Waals surface area contributed by atoms with Gasteiger partial charge in [0.05, 0.1) is 11.9 Å². The van der Waals surface area contributed by atoms with Gasteiger partial charge in [0.1, 0.15) is 6.04 Å². The van der Waals surface area contributed by atoms with Crippen LogP contribution >= 0.6 is 11.6 Å². The lowest BCUT2D eigenvalue weighted by Crippen LogP contribution is -2.53. The van der Waals surface area contributed by atoms with Crippen molar-refractivity contribution < 1.29 is 18.0 Å². The molecule has 236 valence electrons. The third-order valence-corrected chi connectivity index (χ3v) is 10.1. The zero-order chi connectivity index (χ0) is 31.7. The number of benzene rings is 3. The van der Waals surface area contributed by atoms with E-state index >= 15 is 0 Å². The average Bonchev–Trinajstić information content (AvgIpc) is 3.00. The van der Waals surface area contributed by atoms with E-state index in [-0.39, 0.29) is 43.8 Å². The van der Waals surface area contributed by atoms with E-state index in [1.165, 1.54) is 10.7 Å². The molecule has 0 spiro atoms. The Labute approximate surface area is 267 Å². The lowest BCUT2D eigenvalue weighted by Gasteiger charge is -2.34. The largest absolute Gasteiger partial charge is 0.352 e. The summed E-state index contributed by atoms with van der Waals surface area (Å²) >= 11 is 6.30. The molecule has 3 aromatic rings. The standard InChI is InChI=1S/C35H44ClN3O4S/c1-26-14-10-11-17-29(26)25-38(33(24-28-15-6-4-7-16-28)35(41)37-30-18-8-5-9-19-30)34(40)22-13-23-39(44(3,42)43)32-21-12-20-31(36)27(32)2/h4,6-7,10-12,14-17,20-21,30,33H,5,8-9,13,18-19,22-25H2,1-3H3,(H,37,41). The highest BCUT2D eigenvalue weighted by Crippen LogP contribution is 2.29. The van der Waals surface area contributed by atoms with Crippen LogP contribution in [0.3, 0.4) is 0 Å². The quantitative estimate of drug-likeness (QED) is 0.229. The molecular weight excluding hydrogens is 594 g/mol. The smallest absolute Gasteiger partial charge is 0.243 e. The van der Waals surface area contributed by atoms with Crippen LogP contribution in [-0.4, -0.2) is 50.0 Å². The molecular formula is C35H44ClN3O4S. The van der Waals surface area contributed by atoms with Crippen LogP contribution in [0.4, 0.5) is 5.69 Å². The number of carbonyl (C=O) groups is 2. The van der Waals surface area contributed by atoms with E-state index in [1.807, 2.05) is 61.5 Å². The number of rotatable bonds is 13. The molecule has 0 aliphatic heterocycles. The molecule has 1 atom stereocenters. The number of nitrogens with zero attached hydrogens (tertiary/aromatic N) is 2. The van der Waals surface area contributed by atoms with Crippen LogP contribution in [0.25, 0.3) is 0 Å². The molecule has 2 amide bonds. The monoisotopic (exact) mass is 637 g/mol. The van der Waals surface area contributed by atoms with Crippen molar-refractivity contribution in [1.82, 2.24) is 10.2 Å². The van der Waals surface area contributed by atoms with Gasteiger partial charge >= 0.3 is 0 Å². The fraction of sp³-hybridized carbons (Fsp3) is 0.429. The van der Waals surface area contributed by atoms with E-state index in [4.69, 9.17) is 11.6 Å². The third-order valence-electron chi connectivity index (χ3n) is 8.48. The summed E-state index contributed by atoms with van der Waals surface area (Å²) in [6.45, 7) is 4.18. The molecule has 44 heavy (non-hydrogen) atoms. The van der Waals surface area contributed by atoms with E-state index in [1.54, 1.807) is 30.0 Å². The predicted octanol–water partition coefficient (Wildman–Crippen LogP) is 6.59. The molecule has 1 aliphatic carbocycles. The van der Waals surface area contributed by atoms with Crippen LogP contribution in [0.15, 0.2) is 72.8 Å². The first-order chi connectivity index (χ1) is 21.0. The van der Waals surface area contributed by atoms with Gasteiger partial charge in [0.15, 0.2) is 0 Å². The number of halogens is 1. The fourth-order valence-corrected chi connectivity index (χ4v) is 7.10. The average molecular weight is 638 g/mol. The minimum Gasteiger partial charge on any atom is -0.352 e. The van der Waals surface area contributed by atoms with Crippen molar-refractivity contribution in [1.29, 1.82) is 0 Å². The van der Waals surface area contributed by atoms with Gasteiger partial charge in [-0.1, -0.05) is 91.5 Å². The highest BCUT2D eigenvalue weighted by Gasteiger charge is 2.32. The second-order valence-corrected chi connectivity index (χ2v) is 14.1. The summed E-state index contributed by atoms with van der Waals surface area (Å²) in [7, 11) is -3.63. The zero-order valence-corrected chi connectivity index (χ0v) is 27.5. The van der Waals surface area contributed by atoms with Crippen molar-refractivity contribution in [3.05, 3.63) is 100 Å². The Balaban J connectivity index is 1.61. The van der Waals surface area contributed by atoms with Gasteiger partial charge in [-0.2, -0.15) is 0 Å². The van der Waals surface area contributed by atoms with Crippen molar-refractivity contribution in [2.24, 2.45) is 0 Å². The predicted molar refractivity (Wildman–Crippen MR) is 178 cm³/mol. The summed E-state index contributed by atoms with van der Waals surface area (Å²) in [6.07, 6.45) is 7.14. The summed E-state index contributed by atoms with van der Waals surface area (Å²) < 4.78 is 26.9. The number of hydrogen-bond acceptors (Lipinski definition) is 4. The lowest BCUT2D eigenvalue weighted by molar-refractivity contribution is -0.141. The van der Waals surface area contributed by atoms with Gasteiger partial charge in [-0.15, -0.1) is 0 Å². The first-order valence-electron chi connectivity index (χ1n) is 15.5. The number of aryl methyl sites for hydroxylation is 1. The molecule has 1 unspecified atom stereocenters. The summed E-state index contributed by atoms with van der Waals surface area (Å²) in [5.74, 6) is -0.334. The fourth-order valence-electron chi connectivity index (χ4n) is 5.92. The van der Waals surface area contributed by atoms with E-state index in [0.29, 0.717) is 22.7 Å². The maximum Gasteiger partial charge on any atom is 0.243 e. The molecule has 1 N–H and O–H groups in total. The number of sulfonamides is 1. The molecule has 9 heteroatoms. The van der Waals surface area contributed by atoms with Crippen LogP contribution in [0.2, 0.25) is 5.02 Å². The van der Waals surface area contributed by atoms with Crippen LogP contribution < -0.4 is 9.62 Å². The van der Waals surface area contributed by atoms with Gasteiger partial charge in [-0.3, -0.25) is 13.9 Å². The summed E-state index contributed by atoms with van der Waals surface area (Å²) in [5, 5.41) is 3.75. The zero-order valence-electron chi connectivity index (χ0n) is 26.0. The van der Waals surface area contributed by atoms with Crippen LogP contribution in [-0.2, 0) is 32.6 Å². The van der Waals surface area contributed by atoms with Crippen LogP contribution in [0, 0.1) is 13.8 Å². The molecule has 1 aliphatic rings. The molecule has 0 heterocycles. The highest BCUT2D eigenvalue weighted by molar-refractivity contribution is 7.92. The lowest BCUT2D eigenvalue weighted by atomic mass is 9.94. The van der Waals surface area contributed by atoms with Gasteiger partial charge in [0.2, 0.25) is 21.8 Å². The van der Waals surface area contributed by atoms with Gasteiger partial charge in [0.25, 0.3) is 0 Å². The number of anilines is 1. The van der Waals surface area contributed by atoms with Gasteiger partial charge in [-0.25, -0.2) is 8.42 Å². The summed E-state index contributed by atoms with van der Waals surface area (Å²) in [4.78, 5) is 29.8. The third kappa shape index (κ3) is 9.08. The Kier molecular flexibility index (Phi) is 11.9. The molecule has 1 saturated carbocycles. The Morgan fingerprint density at radius 1 is 0.932 bits per heavy atom. The number of nitrogens with one attached hydrogen (secondary N) is 1. The molecule has 3 aromatic carbocycles. The van der Waals surface area contributed by atoms with E-state index in [2.05, 4.69) is 5.32 Å². The van der Waals surface area contributed by atoms with Crippen molar-refractivity contribution in [3.63, 3.8) is 0 Å². The molecule has 7 nitrogen and oxygen atoms in total. The minimum atomic E-state index is -3.63. The second-order valence-electron chi connectivity index (χ2n) is 11.8. The maximum absolute atomic E-state index is 14.1.